The van der Waals surface area contributed by atoms with Crippen LogP contribution < -0.4 is 5.32 Å². The molecule has 0 spiro atoms. The Kier molecular flexibility index (Phi) is 5.84. The maximum atomic E-state index is 12.0. The summed E-state index contributed by atoms with van der Waals surface area (Å²) >= 11 is 0. The predicted molar refractivity (Wildman–Crippen MR) is 89.0 cm³/mol. The molecule has 22 heavy (non-hydrogen) atoms. The molecule has 1 heterocycles. The summed E-state index contributed by atoms with van der Waals surface area (Å²) in [5.74, 6) is -0.939. The summed E-state index contributed by atoms with van der Waals surface area (Å²) in [7, 11) is -1.95. The zero-order valence-electron chi connectivity index (χ0n) is 15.1. The van der Waals surface area contributed by atoms with Crippen molar-refractivity contribution in [3.8, 4) is 0 Å². The fraction of sp³-hybridized carbons (Fsp3) is 0.875. The number of nitrogens with one attached hydrogen (secondary N) is 1. The summed E-state index contributed by atoms with van der Waals surface area (Å²) < 4.78 is 11.4. The third-order valence-electron chi connectivity index (χ3n) is 4.99. The van der Waals surface area contributed by atoms with Crippen LogP contribution >= 0.6 is 0 Å². The molecule has 1 aliphatic rings. The number of hydrogen-bond acceptors (Lipinski definition) is 4. The van der Waals surface area contributed by atoms with Crippen LogP contribution in [0.15, 0.2) is 0 Å². The van der Waals surface area contributed by atoms with E-state index in [4.69, 9.17) is 9.16 Å². The number of β-lactam (4-membered cyclic amide) rings is 1. The third-order valence-corrected chi connectivity index (χ3v) is 9.56. The third kappa shape index (κ3) is 3.90. The maximum Gasteiger partial charge on any atom is 0.310 e. The number of rotatable bonds is 6. The molecule has 4 unspecified atom stereocenters. The number of hydrogen-bond donors (Lipinski definition) is 1. The first-order chi connectivity index (χ1) is 9.92. The van der Waals surface area contributed by atoms with E-state index in [-0.39, 0.29) is 40.9 Å². The highest BCUT2D eigenvalue weighted by molar-refractivity contribution is 6.74. The molecule has 0 aromatic carbocycles. The topological polar surface area (TPSA) is 64.6 Å². The van der Waals surface area contributed by atoms with E-state index in [1.165, 1.54) is 0 Å². The Hall–Kier alpha value is -0.883. The lowest BCUT2D eigenvalue weighted by Gasteiger charge is -2.46. The van der Waals surface area contributed by atoms with Crippen LogP contribution in [0.4, 0.5) is 0 Å². The number of ether oxygens (including phenoxy) is 1. The molecule has 1 fully saturated rings. The number of esters is 1. The molecule has 0 aromatic heterocycles. The fourth-order valence-corrected chi connectivity index (χ4v) is 3.92. The van der Waals surface area contributed by atoms with Crippen LogP contribution in [0.1, 0.15) is 41.5 Å². The number of carbonyl (C=O) groups is 2. The van der Waals surface area contributed by atoms with Crippen molar-refractivity contribution in [2.75, 3.05) is 6.61 Å². The predicted octanol–water partition coefficient (Wildman–Crippen LogP) is 2.71. The number of amides is 1. The van der Waals surface area contributed by atoms with Crippen molar-refractivity contribution < 1.29 is 18.8 Å². The molecule has 0 radical (unpaired) electrons. The van der Waals surface area contributed by atoms with Gasteiger partial charge in [-0.05, 0) is 38.9 Å². The second-order valence-electron chi connectivity index (χ2n) is 7.68. The van der Waals surface area contributed by atoms with Gasteiger partial charge in [-0.2, -0.15) is 0 Å². The Balaban J connectivity index is 2.77. The molecule has 1 aliphatic heterocycles. The van der Waals surface area contributed by atoms with Gasteiger partial charge in [-0.1, -0.05) is 20.8 Å². The molecule has 0 bridgehead atoms. The van der Waals surface area contributed by atoms with Crippen molar-refractivity contribution in [1.29, 1.82) is 0 Å². The highest BCUT2D eigenvalue weighted by Gasteiger charge is 2.50. The normalized spacial score (nSPS) is 25.0. The lowest BCUT2D eigenvalue weighted by molar-refractivity contribution is -0.155. The van der Waals surface area contributed by atoms with Crippen LogP contribution in [0.25, 0.3) is 0 Å². The summed E-state index contributed by atoms with van der Waals surface area (Å²) in [5, 5.41) is 2.92. The zero-order chi connectivity index (χ0) is 17.3. The molecule has 0 aromatic rings. The van der Waals surface area contributed by atoms with Crippen LogP contribution in [-0.2, 0) is 18.8 Å². The lowest BCUT2D eigenvalue weighted by Crippen LogP contribution is -2.66. The van der Waals surface area contributed by atoms with E-state index in [2.05, 4.69) is 39.2 Å². The van der Waals surface area contributed by atoms with E-state index in [1.807, 2.05) is 6.92 Å². The molecular weight excluding hydrogens is 298 g/mol. The molecule has 5 nitrogen and oxygen atoms in total. The van der Waals surface area contributed by atoms with Crippen molar-refractivity contribution in [3.05, 3.63) is 0 Å². The van der Waals surface area contributed by atoms with Gasteiger partial charge in [0, 0.05) is 0 Å². The maximum absolute atomic E-state index is 12.0. The van der Waals surface area contributed by atoms with Gasteiger partial charge in [0.2, 0.25) is 5.91 Å². The van der Waals surface area contributed by atoms with Gasteiger partial charge < -0.3 is 14.5 Å². The molecule has 0 saturated carbocycles. The second kappa shape index (κ2) is 6.70. The van der Waals surface area contributed by atoms with Crippen LogP contribution in [0, 0.1) is 11.8 Å². The minimum absolute atomic E-state index is 0.0349. The largest absolute Gasteiger partial charge is 0.466 e. The molecule has 1 rings (SSSR count). The Labute approximate surface area is 135 Å². The average molecular weight is 330 g/mol. The molecule has 6 heteroatoms. The van der Waals surface area contributed by atoms with Gasteiger partial charge in [0.25, 0.3) is 0 Å². The fourth-order valence-electron chi connectivity index (χ4n) is 2.49. The van der Waals surface area contributed by atoms with E-state index >= 15 is 0 Å². The molecule has 0 aliphatic carbocycles. The van der Waals surface area contributed by atoms with Crippen molar-refractivity contribution in [3.63, 3.8) is 0 Å². The highest BCUT2D eigenvalue weighted by atomic mass is 28.4. The molecule has 4 atom stereocenters. The highest BCUT2D eigenvalue weighted by Crippen LogP contribution is 2.39. The molecule has 1 saturated heterocycles. The summed E-state index contributed by atoms with van der Waals surface area (Å²) in [6.07, 6.45) is -0.198. The Bertz CT molecular complexity index is 430. The summed E-state index contributed by atoms with van der Waals surface area (Å²) in [5.41, 5.74) is 0. The average Bonchev–Trinajstić information content (AvgIpc) is 2.32. The van der Waals surface area contributed by atoms with E-state index in [0.29, 0.717) is 6.61 Å². The molecule has 1 amide bonds. The van der Waals surface area contributed by atoms with Gasteiger partial charge >= 0.3 is 5.97 Å². The Morgan fingerprint density at radius 3 is 2.27 bits per heavy atom. The second-order valence-corrected chi connectivity index (χ2v) is 12.4. The van der Waals surface area contributed by atoms with Gasteiger partial charge in [0.1, 0.15) is 0 Å². The Morgan fingerprint density at radius 2 is 1.86 bits per heavy atom. The molecule has 1 N–H and O–H groups in total. The van der Waals surface area contributed by atoms with Gasteiger partial charge in [-0.15, -0.1) is 0 Å². The lowest BCUT2D eigenvalue weighted by atomic mass is 9.79. The smallest absolute Gasteiger partial charge is 0.310 e. The summed E-state index contributed by atoms with van der Waals surface area (Å²) in [6, 6.07) is -0.202. The van der Waals surface area contributed by atoms with E-state index in [0.717, 1.165) is 0 Å². The van der Waals surface area contributed by atoms with Crippen molar-refractivity contribution >= 4 is 20.2 Å². The standard InChI is InChI=1S/C16H31NO4Si/c1-9-20-15(19)10(2)13-12(14(18)17-13)11(3)21-22(7,8)16(4,5)6/h10-13H,9H2,1-8H3,(H,17,18). The minimum atomic E-state index is -1.95. The van der Waals surface area contributed by atoms with Crippen molar-refractivity contribution in [1.82, 2.24) is 5.32 Å². The van der Waals surface area contributed by atoms with E-state index < -0.39 is 8.32 Å². The monoisotopic (exact) mass is 329 g/mol. The zero-order valence-corrected chi connectivity index (χ0v) is 16.1. The van der Waals surface area contributed by atoms with Crippen LogP contribution in [-0.4, -0.2) is 38.9 Å². The number of carbonyl (C=O) groups excluding carboxylic acids is 2. The van der Waals surface area contributed by atoms with Crippen LogP contribution in [0.3, 0.4) is 0 Å². The van der Waals surface area contributed by atoms with Gasteiger partial charge in [0.15, 0.2) is 8.32 Å². The Morgan fingerprint density at radius 1 is 1.32 bits per heavy atom. The van der Waals surface area contributed by atoms with Crippen LogP contribution in [0.5, 0.6) is 0 Å². The first-order valence-corrected chi connectivity index (χ1v) is 11.0. The van der Waals surface area contributed by atoms with Crippen LogP contribution in [0.2, 0.25) is 18.1 Å². The van der Waals surface area contributed by atoms with Crippen molar-refractivity contribution in [2.45, 2.75) is 71.8 Å². The quantitative estimate of drug-likeness (QED) is 0.462. The summed E-state index contributed by atoms with van der Waals surface area (Å²) in [6.45, 7) is 16.7. The molecule has 128 valence electrons. The van der Waals surface area contributed by atoms with Crippen molar-refractivity contribution in [2.24, 2.45) is 11.8 Å². The molecular formula is C16H31NO4Si. The summed E-state index contributed by atoms with van der Waals surface area (Å²) in [4.78, 5) is 23.9. The van der Waals surface area contributed by atoms with Gasteiger partial charge in [0.05, 0.1) is 30.6 Å². The first-order valence-electron chi connectivity index (χ1n) is 8.07. The van der Waals surface area contributed by atoms with E-state index in [1.54, 1.807) is 13.8 Å². The first kappa shape index (κ1) is 19.2. The van der Waals surface area contributed by atoms with Gasteiger partial charge in [-0.3, -0.25) is 9.59 Å². The van der Waals surface area contributed by atoms with Gasteiger partial charge in [-0.25, -0.2) is 0 Å². The van der Waals surface area contributed by atoms with E-state index in [9.17, 15) is 9.59 Å². The SMILES string of the molecule is CCOC(=O)C(C)C1NC(=O)C1C(C)O[Si](C)(C)C(C)(C)C. The minimum Gasteiger partial charge on any atom is -0.466 e.